The molecule has 1 aliphatic rings. The molecule has 1 unspecified atom stereocenters. The number of nitrogens with one attached hydrogen (secondary N) is 1. The predicted molar refractivity (Wildman–Crippen MR) is 123 cm³/mol. The van der Waals surface area contributed by atoms with E-state index >= 15 is 0 Å². The molecule has 0 saturated carbocycles. The number of halogens is 3. The lowest BCUT2D eigenvalue weighted by Crippen LogP contribution is -2.46. The van der Waals surface area contributed by atoms with Crippen molar-refractivity contribution in [2.75, 3.05) is 23.9 Å². The summed E-state index contributed by atoms with van der Waals surface area (Å²) in [6.07, 6.45) is 1.89. The number of anilines is 2. The molecule has 1 saturated heterocycles. The molecule has 6 nitrogen and oxygen atoms in total. The largest absolute Gasteiger partial charge is 0.446 e. The number of carbonyl (C=O) groups is 2. The molecule has 2 aromatic carbocycles. The van der Waals surface area contributed by atoms with Crippen molar-refractivity contribution in [1.29, 1.82) is 0 Å². The number of pyridine rings is 1. The maximum Gasteiger partial charge on any atom is 0.446 e. The van der Waals surface area contributed by atoms with E-state index in [1.54, 1.807) is 13.1 Å². The Morgan fingerprint density at radius 3 is 2.42 bits per heavy atom. The Morgan fingerprint density at radius 2 is 1.79 bits per heavy atom. The Labute approximate surface area is 192 Å². The van der Waals surface area contributed by atoms with Crippen LogP contribution in [-0.4, -0.2) is 42.1 Å². The van der Waals surface area contributed by atoms with E-state index in [4.69, 9.17) is 0 Å². The van der Waals surface area contributed by atoms with E-state index in [2.05, 4.69) is 10.3 Å². The molecule has 2 heterocycles. The highest BCUT2D eigenvalue weighted by molar-refractivity contribution is 8.00. The molecule has 1 aliphatic heterocycles. The zero-order valence-corrected chi connectivity index (χ0v) is 18.9. The van der Waals surface area contributed by atoms with Gasteiger partial charge in [0.2, 0.25) is 0 Å². The maximum absolute atomic E-state index is 13.3. The minimum absolute atomic E-state index is 0.0273. The van der Waals surface area contributed by atoms with Crippen LogP contribution in [0.15, 0.2) is 59.6 Å². The molecule has 3 amide bonds. The van der Waals surface area contributed by atoms with Crippen LogP contribution in [0, 0.1) is 0 Å². The van der Waals surface area contributed by atoms with Crippen LogP contribution in [0.2, 0.25) is 0 Å². The molecule has 0 spiro atoms. The van der Waals surface area contributed by atoms with Gasteiger partial charge < -0.3 is 10.2 Å². The molecule has 4 rings (SSSR count). The van der Waals surface area contributed by atoms with Gasteiger partial charge in [-0.15, -0.1) is 0 Å². The number of nitrogens with zero attached hydrogens (tertiary/aromatic N) is 3. The summed E-state index contributed by atoms with van der Waals surface area (Å²) in [6.45, 7) is 1.64. The summed E-state index contributed by atoms with van der Waals surface area (Å²) in [6, 6.07) is 12.1. The van der Waals surface area contributed by atoms with Crippen LogP contribution in [0.5, 0.6) is 0 Å². The SMILES string of the molecule is CN(C)c1cccc2nccc(CC3(C)NC(=O)N(c4ccc(SC(F)(F)F)cc4)C3=O)c12. The molecule has 1 fully saturated rings. The minimum atomic E-state index is -4.42. The Balaban J connectivity index is 1.65. The number of thioether (sulfide) groups is 1. The summed E-state index contributed by atoms with van der Waals surface area (Å²) in [5.74, 6) is -0.476. The van der Waals surface area contributed by atoms with Crippen molar-refractivity contribution in [3.8, 4) is 0 Å². The Hall–Kier alpha value is -3.27. The second-order valence-corrected chi connectivity index (χ2v) is 9.30. The third-order valence-electron chi connectivity index (χ3n) is 5.45. The van der Waals surface area contributed by atoms with Crippen LogP contribution in [-0.2, 0) is 11.2 Å². The summed E-state index contributed by atoms with van der Waals surface area (Å²) in [4.78, 5) is 33.4. The number of urea groups is 1. The molecular formula is C23H21F3N4O2S. The van der Waals surface area contributed by atoms with Gasteiger partial charge in [-0.1, -0.05) is 6.07 Å². The Bertz CT molecular complexity index is 1230. The van der Waals surface area contributed by atoms with Crippen LogP contribution in [0.3, 0.4) is 0 Å². The van der Waals surface area contributed by atoms with E-state index < -0.39 is 23.0 Å². The number of carbonyl (C=O) groups excluding carboxylic acids is 2. The first-order valence-electron chi connectivity index (χ1n) is 10.0. The van der Waals surface area contributed by atoms with Crippen LogP contribution in [0.25, 0.3) is 10.9 Å². The summed E-state index contributed by atoms with van der Waals surface area (Å²) in [7, 11) is 3.83. The first-order valence-corrected chi connectivity index (χ1v) is 10.9. The fraction of sp³-hybridized carbons (Fsp3) is 0.261. The predicted octanol–water partition coefficient (Wildman–Crippen LogP) is 4.97. The van der Waals surface area contributed by atoms with Gasteiger partial charge in [-0.2, -0.15) is 13.2 Å². The van der Waals surface area contributed by atoms with Crippen molar-refractivity contribution >= 4 is 46.0 Å². The third kappa shape index (κ3) is 4.47. The zero-order valence-electron chi connectivity index (χ0n) is 18.1. The molecule has 3 aromatic rings. The second-order valence-electron chi connectivity index (χ2n) is 8.16. The summed E-state index contributed by atoms with van der Waals surface area (Å²) < 4.78 is 37.8. The lowest BCUT2D eigenvalue weighted by molar-refractivity contribution is -0.121. The lowest BCUT2D eigenvalue weighted by atomic mass is 9.90. The molecule has 0 aliphatic carbocycles. The molecule has 1 N–H and O–H groups in total. The van der Waals surface area contributed by atoms with E-state index in [-0.39, 0.29) is 28.8 Å². The average molecular weight is 475 g/mol. The number of imide groups is 1. The van der Waals surface area contributed by atoms with E-state index in [1.165, 1.54) is 24.3 Å². The van der Waals surface area contributed by atoms with Crippen LogP contribution in [0.1, 0.15) is 12.5 Å². The number of benzene rings is 2. The van der Waals surface area contributed by atoms with E-state index in [1.807, 2.05) is 43.3 Å². The normalized spacial score (nSPS) is 18.7. The van der Waals surface area contributed by atoms with Crippen molar-refractivity contribution < 1.29 is 22.8 Å². The number of alkyl halides is 3. The van der Waals surface area contributed by atoms with Crippen molar-refractivity contribution in [2.24, 2.45) is 0 Å². The lowest BCUT2D eigenvalue weighted by Gasteiger charge is -2.24. The molecule has 0 bridgehead atoms. The topological polar surface area (TPSA) is 65.5 Å². The highest BCUT2D eigenvalue weighted by Gasteiger charge is 2.48. The second kappa shape index (κ2) is 8.26. The van der Waals surface area contributed by atoms with Gasteiger partial charge in [0.15, 0.2) is 0 Å². The van der Waals surface area contributed by atoms with Gasteiger partial charge in [-0.25, -0.2) is 9.69 Å². The van der Waals surface area contributed by atoms with Gasteiger partial charge in [0, 0.05) is 42.7 Å². The van der Waals surface area contributed by atoms with Crippen molar-refractivity contribution in [3.05, 3.63) is 60.3 Å². The number of hydrogen-bond donors (Lipinski definition) is 1. The number of hydrogen-bond acceptors (Lipinski definition) is 5. The van der Waals surface area contributed by atoms with Crippen molar-refractivity contribution in [1.82, 2.24) is 10.3 Å². The summed E-state index contributed by atoms with van der Waals surface area (Å²) in [5.41, 5.74) is -2.89. The van der Waals surface area contributed by atoms with Crippen molar-refractivity contribution in [2.45, 2.75) is 29.3 Å². The highest BCUT2D eigenvalue weighted by Crippen LogP contribution is 2.38. The Morgan fingerprint density at radius 1 is 1.09 bits per heavy atom. The maximum atomic E-state index is 13.3. The van der Waals surface area contributed by atoms with Gasteiger partial charge in [0.05, 0.1) is 11.2 Å². The Kier molecular flexibility index (Phi) is 5.73. The van der Waals surface area contributed by atoms with Crippen molar-refractivity contribution in [3.63, 3.8) is 0 Å². The molecule has 172 valence electrons. The number of amides is 3. The van der Waals surface area contributed by atoms with Gasteiger partial charge >= 0.3 is 11.5 Å². The molecule has 33 heavy (non-hydrogen) atoms. The van der Waals surface area contributed by atoms with Gasteiger partial charge in [0.25, 0.3) is 5.91 Å². The van der Waals surface area contributed by atoms with Crippen LogP contribution in [0.4, 0.5) is 29.3 Å². The molecule has 1 atom stereocenters. The first-order chi connectivity index (χ1) is 15.5. The first kappa shape index (κ1) is 22.9. The monoisotopic (exact) mass is 474 g/mol. The fourth-order valence-electron chi connectivity index (χ4n) is 3.99. The third-order valence-corrected chi connectivity index (χ3v) is 6.19. The minimum Gasteiger partial charge on any atom is -0.377 e. The number of aromatic nitrogens is 1. The van der Waals surface area contributed by atoms with E-state index in [0.717, 1.165) is 27.1 Å². The molecule has 10 heteroatoms. The smallest absolute Gasteiger partial charge is 0.377 e. The number of fused-ring (bicyclic) bond motifs is 1. The zero-order chi connectivity index (χ0) is 24.0. The average Bonchev–Trinajstić information content (AvgIpc) is 2.95. The number of rotatable bonds is 5. The molecule has 0 radical (unpaired) electrons. The van der Waals surface area contributed by atoms with Gasteiger partial charge in [0.1, 0.15) is 5.54 Å². The standard InChI is InChI=1S/C23H21F3N4O2S/c1-22(13-14-11-12-27-17-5-4-6-18(19(14)17)29(2)3)20(31)30(21(32)28-22)15-7-9-16(10-8-15)33-23(24,25)26/h4-12H,13H2,1-3H3,(H,28,32). The summed E-state index contributed by atoms with van der Waals surface area (Å²) in [5, 5.41) is 3.65. The fourth-order valence-corrected chi connectivity index (χ4v) is 4.53. The van der Waals surface area contributed by atoms with Crippen LogP contribution >= 0.6 is 11.8 Å². The van der Waals surface area contributed by atoms with E-state index in [0.29, 0.717) is 0 Å². The van der Waals surface area contributed by atoms with Gasteiger partial charge in [-0.05, 0) is 66.7 Å². The molecule has 1 aromatic heterocycles. The highest BCUT2D eigenvalue weighted by atomic mass is 32.2. The molecular weight excluding hydrogens is 453 g/mol. The van der Waals surface area contributed by atoms with E-state index in [9.17, 15) is 22.8 Å². The quantitative estimate of drug-likeness (QED) is 0.418. The van der Waals surface area contributed by atoms with Crippen LogP contribution < -0.4 is 15.1 Å². The van der Waals surface area contributed by atoms with Gasteiger partial charge in [-0.3, -0.25) is 9.78 Å². The summed E-state index contributed by atoms with van der Waals surface area (Å²) >= 11 is -0.254.